The fourth-order valence-electron chi connectivity index (χ4n) is 1.74. The molecule has 1 aromatic rings. The zero-order valence-corrected chi connectivity index (χ0v) is 10.7. The van der Waals surface area contributed by atoms with Crippen molar-refractivity contribution in [3.05, 3.63) is 23.8 Å². The van der Waals surface area contributed by atoms with E-state index in [1.807, 2.05) is 25.1 Å². The third-order valence-electron chi connectivity index (χ3n) is 2.66. The molecule has 0 aliphatic carbocycles. The largest absolute Gasteiger partial charge is 0.486 e. The number of ether oxygens (including phenoxy) is 2. The Morgan fingerprint density at radius 3 is 2.89 bits per heavy atom. The second kappa shape index (κ2) is 5.73. The lowest BCUT2D eigenvalue weighted by atomic mass is 10.1. The molecular weight excluding hydrogens is 232 g/mol. The molecule has 1 amide bonds. The standard InChI is InChI=1S/C13H18N2O3/c1-15(2)7-6-14-13(16)10-4-3-5-11-12(10)18-9-8-17-11/h3-5H,6-9H2,1-2H3,(H,14,16). The molecule has 5 heteroatoms. The normalized spacial score (nSPS) is 13.5. The maximum absolute atomic E-state index is 12.0. The molecule has 0 aromatic heterocycles. The first-order chi connectivity index (χ1) is 8.68. The topological polar surface area (TPSA) is 50.8 Å². The Labute approximate surface area is 107 Å². The van der Waals surface area contributed by atoms with E-state index in [9.17, 15) is 4.79 Å². The number of rotatable bonds is 4. The molecule has 0 saturated heterocycles. The fourth-order valence-corrected chi connectivity index (χ4v) is 1.74. The van der Waals surface area contributed by atoms with Gasteiger partial charge in [-0.1, -0.05) is 6.07 Å². The van der Waals surface area contributed by atoms with Gasteiger partial charge in [0.2, 0.25) is 0 Å². The molecule has 0 unspecified atom stereocenters. The summed E-state index contributed by atoms with van der Waals surface area (Å²) in [6.45, 7) is 2.42. The maximum atomic E-state index is 12.0. The summed E-state index contributed by atoms with van der Waals surface area (Å²) in [5.74, 6) is 1.06. The van der Waals surface area contributed by atoms with E-state index < -0.39 is 0 Å². The van der Waals surface area contributed by atoms with Crippen LogP contribution < -0.4 is 14.8 Å². The lowest BCUT2D eigenvalue weighted by molar-refractivity contribution is 0.0940. The molecule has 0 atom stereocenters. The number of para-hydroxylation sites is 1. The Kier molecular flexibility index (Phi) is 4.04. The summed E-state index contributed by atoms with van der Waals surface area (Å²) in [5, 5.41) is 2.86. The van der Waals surface area contributed by atoms with Crippen LogP contribution in [0, 0.1) is 0 Å². The van der Waals surface area contributed by atoms with Gasteiger partial charge in [-0.3, -0.25) is 4.79 Å². The van der Waals surface area contributed by atoms with Crippen LogP contribution in [0.3, 0.4) is 0 Å². The number of nitrogens with one attached hydrogen (secondary N) is 1. The second-order valence-corrected chi connectivity index (χ2v) is 4.39. The lowest BCUT2D eigenvalue weighted by Crippen LogP contribution is -2.32. The quantitative estimate of drug-likeness (QED) is 0.856. The highest BCUT2D eigenvalue weighted by atomic mass is 16.6. The van der Waals surface area contributed by atoms with Crippen LogP contribution in [0.4, 0.5) is 0 Å². The number of carbonyl (C=O) groups excluding carboxylic acids is 1. The molecule has 0 saturated carbocycles. The van der Waals surface area contributed by atoms with E-state index in [0.29, 0.717) is 36.8 Å². The fraction of sp³-hybridized carbons (Fsp3) is 0.462. The van der Waals surface area contributed by atoms with Crippen molar-refractivity contribution in [2.75, 3.05) is 40.4 Å². The zero-order chi connectivity index (χ0) is 13.0. The third kappa shape index (κ3) is 2.92. The van der Waals surface area contributed by atoms with Crippen LogP contribution in [0.25, 0.3) is 0 Å². The highest BCUT2D eigenvalue weighted by Gasteiger charge is 2.19. The Morgan fingerprint density at radius 2 is 2.11 bits per heavy atom. The summed E-state index contributed by atoms with van der Waals surface area (Å²) in [7, 11) is 3.93. The average molecular weight is 250 g/mol. The molecule has 1 aromatic carbocycles. The number of amides is 1. The monoisotopic (exact) mass is 250 g/mol. The minimum atomic E-state index is -0.126. The number of carbonyl (C=O) groups is 1. The van der Waals surface area contributed by atoms with Gasteiger partial charge in [0.1, 0.15) is 13.2 Å². The van der Waals surface area contributed by atoms with E-state index in [-0.39, 0.29) is 5.91 Å². The van der Waals surface area contributed by atoms with Gasteiger partial charge in [0.25, 0.3) is 5.91 Å². The van der Waals surface area contributed by atoms with Gasteiger partial charge in [0.15, 0.2) is 11.5 Å². The molecule has 18 heavy (non-hydrogen) atoms. The van der Waals surface area contributed by atoms with Gasteiger partial charge in [-0.05, 0) is 26.2 Å². The predicted molar refractivity (Wildman–Crippen MR) is 68.3 cm³/mol. The molecule has 1 heterocycles. The van der Waals surface area contributed by atoms with Crippen LogP contribution in [0.2, 0.25) is 0 Å². The van der Waals surface area contributed by atoms with E-state index in [1.54, 1.807) is 12.1 Å². The van der Waals surface area contributed by atoms with Crippen molar-refractivity contribution in [1.82, 2.24) is 10.2 Å². The summed E-state index contributed by atoms with van der Waals surface area (Å²) in [5.41, 5.74) is 0.533. The van der Waals surface area contributed by atoms with E-state index in [2.05, 4.69) is 5.32 Å². The molecule has 98 valence electrons. The maximum Gasteiger partial charge on any atom is 0.255 e. The van der Waals surface area contributed by atoms with E-state index in [0.717, 1.165) is 6.54 Å². The number of fused-ring (bicyclic) bond motifs is 1. The van der Waals surface area contributed by atoms with Gasteiger partial charge in [-0.25, -0.2) is 0 Å². The molecule has 1 aliphatic heterocycles. The van der Waals surface area contributed by atoms with E-state index in [1.165, 1.54) is 0 Å². The summed E-state index contributed by atoms with van der Waals surface area (Å²) in [6.07, 6.45) is 0. The molecule has 5 nitrogen and oxygen atoms in total. The molecule has 0 fully saturated rings. The van der Waals surface area contributed by atoms with Gasteiger partial charge in [0, 0.05) is 13.1 Å². The Morgan fingerprint density at radius 1 is 1.33 bits per heavy atom. The lowest BCUT2D eigenvalue weighted by Gasteiger charge is -2.20. The molecule has 2 rings (SSSR count). The number of hydrogen-bond acceptors (Lipinski definition) is 4. The molecule has 1 N–H and O–H groups in total. The summed E-state index contributed by atoms with van der Waals surface area (Å²) >= 11 is 0. The Balaban J connectivity index is 2.06. The van der Waals surface area contributed by atoms with Crippen molar-refractivity contribution in [1.29, 1.82) is 0 Å². The van der Waals surface area contributed by atoms with Crippen molar-refractivity contribution >= 4 is 5.91 Å². The van der Waals surface area contributed by atoms with Crippen molar-refractivity contribution < 1.29 is 14.3 Å². The minimum Gasteiger partial charge on any atom is -0.486 e. The highest BCUT2D eigenvalue weighted by Crippen LogP contribution is 2.33. The number of hydrogen-bond donors (Lipinski definition) is 1. The summed E-state index contributed by atoms with van der Waals surface area (Å²) in [6, 6.07) is 5.36. The predicted octanol–water partition coefficient (Wildman–Crippen LogP) is 0.749. The minimum absolute atomic E-state index is 0.126. The van der Waals surface area contributed by atoms with Crippen LogP contribution in [0.15, 0.2) is 18.2 Å². The van der Waals surface area contributed by atoms with Gasteiger partial charge in [-0.2, -0.15) is 0 Å². The van der Waals surface area contributed by atoms with Crippen molar-refractivity contribution in [2.24, 2.45) is 0 Å². The van der Waals surface area contributed by atoms with Gasteiger partial charge < -0.3 is 19.7 Å². The first-order valence-corrected chi connectivity index (χ1v) is 6.00. The first-order valence-electron chi connectivity index (χ1n) is 6.00. The van der Waals surface area contributed by atoms with Crippen LogP contribution in [0.5, 0.6) is 11.5 Å². The van der Waals surface area contributed by atoms with Crippen molar-refractivity contribution in [3.63, 3.8) is 0 Å². The summed E-state index contributed by atoms with van der Waals surface area (Å²) in [4.78, 5) is 14.0. The number of nitrogens with zero attached hydrogens (tertiary/aromatic N) is 1. The number of likely N-dealkylation sites (N-methyl/N-ethyl adjacent to an activating group) is 1. The Hall–Kier alpha value is -1.75. The zero-order valence-electron chi connectivity index (χ0n) is 10.7. The van der Waals surface area contributed by atoms with Crippen molar-refractivity contribution in [3.8, 4) is 11.5 Å². The van der Waals surface area contributed by atoms with Crippen molar-refractivity contribution in [2.45, 2.75) is 0 Å². The first kappa shape index (κ1) is 12.7. The second-order valence-electron chi connectivity index (χ2n) is 4.39. The van der Waals surface area contributed by atoms with Gasteiger partial charge in [-0.15, -0.1) is 0 Å². The van der Waals surface area contributed by atoms with Gasteiger partial charge >= 0.3 is 0 Å². The van der Waals surface area contributed by atoms with Crippen LogP contribution in [0.1, 0.15) is 10.4 Å². The SMILES string of the molecule is CN(C)CCNC(=O)c1cccc2c1OCCO2. The van der Waals surface area contributed by atoms with Crippen LogP contribution in [-0.2, 0) is 0 Å². The van der Waals surface area contributed by atoms with Gasteiger partial charge in [0.05, 0.1) is 5.56 Å². The van der Waals surface area contributed by atoms with Crippen LogP contribution in [-0.4, -0.2) is 51.2 Å². The Bertz CT molecular complexity index is 432. The molecule has 0 spiro atoms. The average Bonchev–Trinajstić information content (AvgIpc) is 2.37. The molecular formula is C13H18N2O3. The molecule has 0 radical (unpaired) electrons. The smallest absolute Gasteiger partial charge is 0.255 e. The molecule has 1 aliphatic rings. The molecule has 0 bridgehead atoms. The van der Waals surface area contributed by atoms with E-state index >= 15 is 0 Å². The van der Waals surface area contributed by atoms with Crippen LogP contribution >= 0.6 is 0 Å². The summed E-state index contributed by atoms with van der Waals surface area (Å²) < 4.78 is 11.0. The highest BCUT2D eigenvalue weighted by molar-refractivity contribution is 5.97. The van der Waals surface area contributed by atoms with E-state index in [4.69, 9.17) is 9.47 Å². The third-order valence-corrected chi connectivity index (χ3v) is 2.66. The number of benzene rings is 1.